The van der Waals surface area contributed by atoms with E-state index in [0.717, 1.165) is 6.92 Å². The molecule has 0 aliphatic heterocycles. The molecule has 0 saturated heterocycles. The number of nitrogens with zero attached hydrogens (tertiary/aromatic N) is 5. The van der Waals surface area contributed by atoms with Crippen LogP contribution >= 0.6 is 0 Å². The highest BCUT2D eigenvalue weighted by atomic mass is 16.4. The maximum atomic E-state index is 9.00. The molecular formula is C15H29N7O2. The molecule has 0 aromatic carbocycles. The van der Waals surface area contributed by atoms with E-state index in [1.54, 1.807) is 6.07 Å². The van der Waals surface area contributed by atoms with Gasteiger partial charge >= 0.3 is 0 Å². The van der Waals surface area contributed by atoms with E-state index in [9.17, 15) is 0 Å². The number of carboxylic acids is 1. The molecule has 0 atom stereocenters. The van der Waals surface area contributed by atoms with Crippen molar-refractivity contribution in [3.63, 3.8) is 0 Å². The molecule has 0 radical (unpaired) electrons. The summed E-state index contributed by atoms with van der Waals surface area (Å²) in [5, 5.41) is 40.0. The van der Waals surface area contributed by atoms with Gasteiger partial charge in [-0.2, -0.15) is 21.0 Å². The predicted octanol–water partition coefficient (Wildman–Crippen LogP) is 2.78. The standard InChI is InChI=1S/C9H12N4.C3H3N.C2H4O2.CH4.2H3N/c10-4-1-7-13(8-2-5-11)9-3-6-12;1-2-3-4;1-2(3)4;;;/h1-3,7-9H2;2H,1H2;1H3,(H,3,4);1H4;2*1H3. The van der Waals surface area contributed by atoms with Gasteiger partial charge in [0.25, 0.3) is 5.97 Å². The van der Waals surface area contributed by atoms with Gasteiger partial charge in [0.05, 0.1) is 24.3 Å². The van der Waals surface area contributed by atoms with E-state index in [4.69, 9.17) is 30.9 Å². The smallest absolute Gasteiger partial charge is 0.300 e. The summed E-state index contributed by atoms with van der Waals surface area (Å²) >= 11 is 0. The Labute approximate surface area is 145 Å². The van der Waals surface area contributed by atoms with Gasteiger partial charge in [-0.1, -0.05) is 14.0 Å². The monoisotopic (exact) mass is 339 g/mol. The molecule has 0 bridgehead atoms. The zero-order valence-electron chi connectivity index (χ0n) is 13.5. The molecule has 0 spiro atoms. The number of carbonyl (C=O) groups is 1. The van der Waals surface area contributed by atoms with Crippen molar-refractivity contribution >= 4 is 5.97 Å². The number of hydrogen-bond donors (Lipinski definition) is 3. The lowest BCUT2D eigenvalue weighted by Gasteiger charge is -2.17. The van der Waals surface area contributed by atoms with Crippen molar-refractivity contribution < 1.29 is 9.90 Å². The first kappa shape index (κ1) is 37.4. The van der Waals surface area contributed by atoms with Crippen molar-refractivity contribution in [2.24, 2.45) is 0 Å². The van der Waals surface area contributed by atoms with Crippen LogP contribution in [0.1, 0.15) is 33.6 Å². The Balaban J connectivity index is -0.0000000626. The van der Waals surface area contributed by atoms with Crippen LogP contribution < -0.4 is 12.3 Å². The Morgan fingerprint density at radius 1 is 1.00 bits per heavy atom. The molecule has 0 aliphatic rings. The van der Waals surface area contributed by atoms with Crippen LogP contribution in [0.2, 0.25) is 0 Å². The quantitative estimate of drug-likeness (QED) is 0.606. The second-order valence-corrected chi connectivity index (χ2v) is 3.42. The molecule has 9 nitrogen and oxygen atoms in total. The van der Waals surface area contributed by atoms with Gasteiger partial charge in [-0.15, -0.1) is 0 Å². The van der Waals surface area contributed by atoms with E-state index in [1.807, 2.05) is 23.1 Å². The topological polar surface area (TPSA) is 206 Å². The summed E-state index contributed by atoms with van der Waals surface area (Å²) in [7, 11) is 0. The molecule has 0 saturated carbocycles. The maximum Gasteiger partial charge on any atom is 0.300 e. The van der Waals surface area contributed by atoms with Crippen LogP contribution in [-0.4, -0.2) is 35.6 Å². The van der Waals surface area contributed by atoms with E-state index >= 15 is 0 Å². The van der Waals surface area contributed by atoms with Crippen LogP contribution in [0.3, 0.4) is 0 Å². The molecule has 7 N–H and O–H groups in total. The van der Waals surface area contributed by atoms with Gasteiger partial charge in [0, 0.05) is 51.9 Å². The second-order valence-electron chi connectivity index (χ2n) is 3.42. The molecule has 0 aromatic rings. The van der Waals surface area contributed by atoms with Gasteiger partial charge in [0.15, 0.2) is 0 Å². The molecule has 9 heteroatoms. The molecule has 0 amide bonds. The van der Waals surface area contributed by atoms with Gasteiger partial charge in [-0.25, -0.2) is 0 Å². The number of allylic oxidation sites excluding steroid dienone is 1. The number of rotatable bonds is 6. The Bertz CT molecular complexity index is 392. The van der Waals surface area contributed by atoms with Crippen molar-refractivity contribution in [1.82, 2.24) is 17.2 Å². The SMILES string of the molecule is C.C=CC#N.CC(=O)O.N.N.N#CCCN(CCC#N)CCC#N. The van der Waals surface area contributed by atoms with Gasteiger partial charge < -0.3 is 22.3 Å². The third-order valence-corrected chi connectivity index (χ3v) is 1.71. The van der Waals surface area contributed by atoms with Crippen molar-refractivity contribution in [3.8, 4) is 24.3 Å². The molecule has 0 rings (SSSR count). The van der Waals surface area contributed by atoms with Crippen LogP contribution in [0.15, 0.2) is 12.7 Å². The summed E-state index contributed by atoms with van der Waals surface area (Å²) < 4.78 is 0. The first-order chi connectivity index (χ1) is 9.99. The second kappa shape index (κ2) is 36.9. The molecule has 0 aliphatic carbocycles. The first-order valence-corrected chi connectivity index (χ1v) is 6.03. The third-order valence-electron chi connectivity index (χ3n) is 1.71. The molecule has 136 valence electrons. The lowest BCUT2D eigenvalue weighted by molar-refractivity contribution is -0.134. The minimum atomic E-state index is -0.833. The Hall–Kier alpha value is -2.95. The number of aliphatic carboxylic acids is 1. The molecule has 0 aromatic heterocycles. The largest absolute Gasteiger partial charge is 0.481 e. The number of hydrogen-bond acceptors (Lipinski definition) is 8. The Morgan fingerprint density at radius 3 is 1.33 bits per heavy atom. The lowest BCUT2D eigenvalue weighted by Crippen LogP contribution is -2.26. The summed E-state index contributed by atoms with van der Waals surface area (Å²) in [4.78, 5) is 11.0. The van der Waals surface area contributed by atoms with Crippen LogP contribution in [0.4, 0.5) is 0 Å². The predicted molar refractivity (Wildman–Crippen MR) is 93.0 cm³/mol. The first-order valence-electron chi connectivity index (χ1n) is 6.03. The molecule has 24 heavy (non-hydrogen) atoms. The highest BCUT2D eigenvalue weighted by Crippen LogP contribution is 1.95. The average Bonchev–Trinajstić information content (AvgIpc) is 2.46. The minimum Gasteiger partial charge on any atom is -0.481 e. The highest BCUT2D eigenvalue weighted by molar-refractivity contribution is 5.62. The molecule has 0 fully saturated rings. The summed E-state index contributed by atoms with van der Waals surface area (Å²) in [6, 6.07) is 7.83. The van der Waals surface area contributed by atoms with Crippen molar-refractivity contribution in [1.29, 1.82) is 21.0 Å². The third kappa shape index (κ3) is 61.4. The number of carboxylic acid groups (broad SMARTS) is 1. The molecule has 0 heterocycles. The van der Waals surface area contributed by atoms with Gasteiger partial charge in [-0.05, 0) is 0 Å². The van der Waals surface area contributed by atoms with Crippen molar-refractivity contribution in [3.05, 3.63) is 12.7 Å². The normalized spacial score (nSPS) is 6.42. The van der Waals surface area contributed by atoms with Crippen LogP contribution in [0.5, 0.6) is 0 Å². The minimum absolute atomic E-state index is 0. The summed E-state index contributed by atoms with van der Waals surface area (Å²) in [6.07, 6.45) is 2.55. The van der Waals surface area contributed by atoms with Gasteiger partial charge in [0.2, 0.25) is 0 Å². The molecular weight excluding hydrogens is 310 g/mol. The van der Waals surface area contributed by atoms with E-state index in [-0.39, 0.29) is 19.7 Å². The van der Waals surface area contributed by atoms with E-state index in [2.05, 4.69) is 6.58 Å². The Kier molecular flexibility index (Phi) is 57.4. The fourth-order valence-electron chi connectivity index (χ4n) is 0.960. The Morgan fingerprint density at radius 2 is 1.21 bits per heavy atom. The number of nitriles is 4. The summed E-state index contributed by atoms with van der Waals surface area (Å²) in [5.74, 6) is -0.833. The van der Waals surface area contributed by atoms with E-state index < -0.39 is 5.97 Å². The van der Waals surface area contributed by atoms with Gasteiger partial charge in [0.1, 0.15) is 0 Å². The lowest BCUT2D eigenvalue weighted by atomic mass is 10.3. The molecule has 0 unspecified atom stereocenters. The zero-order chi connectivity index (χ0) is 16.9. The fourth-order valence-corrected chi connectivity index (χ4v) is 0.960. The average molecular weight is 339 g/mol. The van der Waals surface area contributed by atoms with Crippen LogP contribution in [0.25, 0.3) is 0 Å². The summed E-state index contributed by atoms with van der Waals surface area (Å²) in [6.45, 7) is 6.16. The zero-order valence-corrected chi connectivity index (χ0v) is 13.5. The fraction of sp³-hybridized carbons (Fsp3) is 0.533. The van der Waals surface area contributed by atoms with Crippen molar-refractivity contribution in [2.45, 2.75) is 33.6 Å². The summed E-state index contributed by atoms with van der Waals surface area (Å²) in [5.41, 5.74) is 0. The van der Waals surface area contributed by atoms with Crippen LogP contribution in [-0.2, 0) is 4.79 Å². The highest BCUT2D eigenvalue weighted by Gasteiger charge is 2.02. The van der Waals surface area contributed by atoms with Gasteiger partial charge in [-0.3, -0.25) is 4.79 Å². The van der Waals surface area contributed by atoms with E-state index in [1.165, 1.54) is 6.08 Å². The van der Waals surface area contributed by atoms with Crippen LogP contribution in [0, 0.1) is 45.3 Å². The maximum absolute atomic E-state index is 9.00. The van der Waals surface area contributed by atoms with E-state index in [0.29, 0.717) is 38.9 Å². The van der Waals surface area contributed by atoms with Crippen molar-refractivity contribution in [2.75, 3.05) is 19.6 Å².